The van der Waals surface area contributed by atoms with Crippen LogP contribution in [0.5, 0.6) is 5.75 Å². The van der Waals surface area contributed by atoms with Crippen LogP contribution in [0.2, 0.25) is 0 Å². The van der Waals surface area contributed by atoms with E-state index in [4.69, 9.17) is 4.74 Å². The number of carbonyl (C=O) groups excluding carboxylic acids is 1. The van der Waals surface area contributed by atoms with E-state index in [1.54, 1.807) is 13.2 Å². The highest BCUT2D eigenvalue weighted by Gasteiger charge is 2.18. The largest absolute Gasteiger partial charge is 0.496 e. The van der Waals surface area contributed by atoms with Crippen LogP contribution in [0.3, 0.4) is 0 Å². The van der Waals surface area contributed by atoms with Crippen molar-refractivity contribution in [3.05, 3.63) is 84.9 Å². The third-order valence-electron chi connectivity index (χ3n) is 5.36. The summed E-state index contributed by atoms with van der Waals surface area (Å²) in [5, 5.41) is 14.8. The molecule has 0 aliphatic rings. The second-order valence-corrected chi connectivity index (χ2v) is 8.53. The zero-order valence-corrected chi connectivity index (χ0v) is 19.5. The summed E-state index contributed by atoms with van der Waals surface area (Å²) in [6, 6.07) is 22.0. The molecular formula is C26H26N4O2S. The maximum atomic E-state index is 12.7. The molecule has 4 aromatic rings. The summed E-state index contributed by atoms with van der Waals surface area (Å²) >= 11 is 1.35. The van der Waals surface area contributed by atoms with Gasteiger partial charge >= 0.3 is 0 Å². The van der Waals surface area contributed by atoms with E-state index >= 15 is 0 Å². The number of nitrogens with one attached hydrogen (secondary N) is 1. The number of rotatable bonds is 9. The number of benzene rings is 3. The Kier molecular flexibility index (Phi) is 7.10. The first kappa shape index (κ1) is 22.6. The molecule has 0 aliphatic heterocycles. The Morgan fingerprint density at radius 1 is 1.12 bits per heavy atom. The molecule has 33 heavy (non-hydrogen) atoms. The molecule has 1 heterocycles. The van der Waals surface area contributed by atoms with Crippen LogP contribution in [0.4, 0.5) is 0 Å². The topological polar surface area (TPSA) is 69.0 Å². The molecule has 6 nitrogen and oxygen atoms in total. The van der Waals surface area contributed by atoms with Gasteiger partial charge in [-0.3, -0.25) is 9.36 Å². The van der Waals surface area contributed by atoms with Crippen LogP contribution in [-0.4, -0.2) is 33.5 Å². The van der Waals surface area contributed by atoms with Crippen LogP contribution in [0, 0.1) is 0 Å². The highest BCUT2D eigenvalue weighted by molar-refractivity contribution is 7.99. The maximum absolute atomic E-state index is 12.7. The van der Waals surface area contributed by atoms with Crippen LogP contribution in [0.1, 0.15) is 18.5 Å². The number of hydrogen-bond acceptors (Lipinski definition) is 5. The molecule has 0 aliphatic carbocycles. The van der Waals surface area contributed by atoms with Crippen LogP contribution in [0.15, 0.2) is 84.5 Å². The highest BCUT2D eigenvalue weighted by Crippen LogP contribution is 2.31. The summed E-state index contributed by atoms with van der Waals surface area (Å²) in [6.45, 7) is 6.37. The van der Waals surface area contributed by atoms with Crippen LogP contribution in [-0.2, 0) is 11.3 Å². The lowest BCUT2D eigenvalue weighted by molar-refractivity contribution is -0.119. The van der Waals surface area contributed by atoms with Crippen LogP contribution >= 0.6 is 11.8 Å². The van der Waals surface area contributed by atoms with Gasteiger partial charge in [-0.15, -0.1) is 16.8 Å². The molecule has 3 aromatic carbocycles. The molecule has 1 amide bonds. The third-order valence-corrected chi connectivity index (χ3v) is 6.33. The van der Waals surface area contributed by atoms with Gasteiger partial charge in [-0.25, -0.2) is 0 Å². The Hall–Kier alpha value is -3.58. The number of nitrogens with zero attached hydrogens (tertiary/aromatic N) is 3. The van der Waals surface area contributed by atoms with Gasteiger partial charge in [0.2, 0.25) is 5.91 Å². The molecule has 1 atom stereocenters. The molecule has 0 saturated carbocycles. The van der Waals surface area contributed by atoms with E-state index in [0.717, 1.165) is 16.5 Å². The number of carbonyl (C=O) groups is 1. The molecule has 1 N–H and O–H groups in total. The highest BCUT2D eigenvalue weighted by atomic mass is 32.2. The third kappa shape index (κ3) is 5.09. The van der Waals surface area contributed by atoms with E-state index in [-0.39, 0.29) is 17.7 Å². The predicted octanol–water partition coefficient (Wildman–Crippen LogP) is 5.26. The maximum Gasteiger partial charge on any atom is 0.230 e. The molecule has 7 heteroatoms. The van der Waals surface area contributed by atoms with Crippen molar-refractivity contribution in [2.75, 3.05) is 12.9 Å². The molecule has 1 aromatic heterocycles. The van der Waals surface area contributed by atoms with Crippen molar-refractivity contribution < 1.29 is 9.53 Å². The quantitative estimate of drug-likeness (QED) is 0.274. The summed E-state index contributed by atoms with van der Waals surface area (Å²) in [6.07, 6.45) is 1.79. The zero-order chi connectivity index (χ0) is 23.2. The first-order valence-corrected chi connectivity index (χ1v) is 11.7. The number of amides is 1. The first-order chi connectivity index (χ1) is 16.1. The molecule has 0 spiro atoms. The van der Waals surface area contributed by atoms with E-state index in [1.807, 2.05) is 47.9 Å². The normalized spacial score (nSPS) is 11.8. The minimum Gasteiger partial charge on any atom is -0.496 e. The molecule has 0 saturated heterocycles. The lowest BCUT2D eigenvalue weighted by atomic mass is 10.0. The molecule has 1 unspecified atom stereocenters. The van der Waals surface area contributed by atoms with Gasteiger partial charge in [0.05, 0.1) is 24.5 Å². The smallest absolute Gasteiger partial charge is 0.230 e. The van der Waals surface area contributed by atoms with Crippen molar-refractivity contribution in [1.29, 1.82) is 0 Å². The van der Waals surface area contributed by atoms with E-state index in [1.165, 1.54) is 17.1 Å². The fourth-order valence-corrected chi connectivity index (χ4v) is 4.45. The van der Waals surface area contributed by atoms with Crippen molar-refractivity contribution in [2.45, 2.75) is 24.7 Å². The average Bonchev–Trinajstić information content (AvgIpc) is 3.24. The first-order valence-electron chi connectivity index (χ1n) is 10.7. The Balaban J connectivity index is 1.45. The van der Waals surface area contributed by atoms with Crippen molar-refractivity contribution in [3.8, 4) is 17.1 Å². The number of thioether (sulfide) groups is 1. The number of ether oxygens (including phenoxy) is 1. The molecular weight excluding hydrogens is 432 g/mol. The number of allylic oxidation sites excluding steroid dienone is 1. The van der Waals surface area contributed by atoms with Crippen LogP contribution in [0.25, 0.3) is 22.2 Å². The summed E-state index contributed by atoms with van der Waals surface area (Å²) in [5.41, 5.74) is 1.91. The van der Waals surface area contributed by atoms with Crippen molar-refractivity contribution in [2.24, 2.45) is 0 Å². The number of hydrogen-bond donors (Lipinski definition) is 1. The van der Waals surface area contributed by atoms with Gasteiger partial charge in [0.15, 0.2) is 11.0 Å². The van der Waals surface area contributed by atoms with Gasteiger partial charge in [0, 0.05) is 6.54 Å². The fraction of sp³-hybridized carbons (Fsp3) is 0.192. The number of methoxy groups -OCH3 is 1. The Labute approximate surface area is 197 Å². The summed E-state index contributed by atoms with van der Waals surface area (Å²) in [7, 11) is 1.63. The zero-order valence-electron chi connectivity index (χ0n) is 18.7. The summed E-state index contributed by atoms with van der Waals surface area (Å²) in [4.78, 5) is 12.7. The predicted molar refractivity (Wildman–Crippen MR) is 133 cm³/mol. The van der Waals surface area contributed by atoms with Gasteiger partial charge in [0.25, 0.3) is 0 Å². The van der Waals surface area contributed by atoms with E-state index < -0.39 is 0 Å². The molecule has 168 valence electrons. The second kappa shape index (κ2) is 10.4. The Morgan fingerprint density at radius 2 is 1.88 bits per heavy atom. The summed E-state index contributed by atoms with van der Waals surface area (Å²) in [5.74, 6) is 1.57. The van der Waals surface area contributed by atoms with Crippen LogP contribution < -0.4 is 10.1 Å². The van der Waals surface area contributed by atoms with Crippen molar-refractivity contribution in [1.82, 2.24) is 20.1 Å². The van der Waals surface area contributed by atoms with Crippen molar-refractivity contribution >= 4 is 28.4 Å². The van der Waals surface area contributed by atoms with Gasteiger partial charge in [-0.1, -0.05) is 66.4 Å². The van der Waals surface area contributed by atoms with Gasteiger partial charge in [0.1, 0.15) is 5.75 Å². The van der Waals surface area contributed by atoms with Crippen molar-refractivity contribution in [3.63, 3.8) is 0 Å². The van der Waals surface area contributed by atoms with E-state index in [9.17, 15) is 4.79 Å². The second-order valence-electron chi connectivity index (χ2n) is 7.59. The summed E-state index contributed by atoms with van der Waals surface area (Å²) < 4.78 is 7.42. The Bertz CT molecular complexity index is 1280. The molecule has 0 radical (unpaired) electrons. The molecule has 4 rings (SSSR count). The van der Waals surface area contributed by atoms with Gasteiger partial charge in [-0.2, -0.15) is 0 Å². The minimum atomic E-state index is -0.0992. The monoisotopic (exact) mass is 458 g/mol. The van der Waals surface area contributed by atoms with Gasteiger partial charge < -0.3 is 10.1 Å². The average molecular weight is 459 g/mol. The Morgan fingerprint density at radius 3 is 2.67 bits per heavy atom. The lowest BCUT2D eigenvalue weighted by Gasteiger charge is -2.15. The van der Waals surface area contributed by atoms with E-state index in [2.05, 4.69) is 52.4 Å². The van der Waals surface area contributed by atoms with Gasteiger partial charge in [-0.05, 0) is 41.5 Å². The molecule has 0 bridgehead atoms. The minimum absolute atomic E-state index is 0.0624. The fourth-order valence-electron chi connectivity index (χ4n) is 3.69. The van der Waals surface area contributed by atoms with E-state index in [0.29, 0.717) is 23.3 Å². The number of fused-ring (bicyclic) bond motifs is 1. The number of aromatic nitrogens is 3. The SMILES string of the molecule is C=CCn1c(SCC(=O)NC(C)c2ccc3ccccc3c2)nnc1-c1ccccc1OC. The number of para-hydroxylation sites is 1. The molecule has 0 fully saturated rings. The lowest BCUT2D eigenvalue weighted by Crippen LogP contribution is -2.28. The standard InChI is InChI=1S/C26H26N4O2S/c1-4-15-30-25(22-11-7-8-12-23(22)32-3)28-29-26(30)33-17-24(31)27-18(2)20-14-13-19-9-5-6-10-21(19)16-20/h4-14,16,18H,1,15,17H2,2-3H3,(H,27,31).